The van der Waals surface area contributed by atoms with Crippen LogP contribution in [0.2, 0.25) is 0 Å². The number of hydrogen-bond donors (Lipinski definition) is 1. The van der Waals surface area contributed by atoms with Gasteiger partial charge in [0.2, 0.25) is 21.9 Å². The highest BCUT2D eigenvalue weighted by Crippen LogP contribution is 2.38. The summed E-state index contributed by atoms with van der Waals surface area (Å²) in [5.41, 5.74) is 1.56. The molecule has 3 aromatic heterocycles. The Balaban J connectivity index is 1.86. The Kier molecular flexibility index (Phi) is 7.95. The number of methoxy groups -OCH3 is 3. The first-order valence-corrected chi connectivity index (χ1v) is 13.3. The van der Waals surface area contributed by atoms with Gasteiger partial charge in [-0.2, -0.15) is 0 Å². The van der Waals surface area contributed by atoms with Gasteiger partial charge in [-0.05, 0) is 37.6 Å². The molecule has 0 fully saturated rings. The quantitative estimate of drug-likeness (QED) is 0.308. The number of benzene rings is 1. The number of hydrogen-bond acceptors (Lipinski definition) is 10. The van der Waals surface area contributed by atoms with E-state index in [2.05, 4.69) is 29.9 Å². The summed E-state index contributed by atoms with van der Waals surface area (Å²) in [7, 11) is 0.346. The van der Waals surface area contributed by atoms with Gasteiger partial charge in [0.1, 0.15) is 28.7 Å². The van der Waals surface area contributed by atoms with E-state index in [4.69, 9.17) is 14.2 Å². The molecule has 0 saturated carbocycles. The molecule has 206 valence electrons. The van der Waals surface area contributed by atoms with Gasteiger partial charge < -0.3 is 14.2 Å². The molecule has 39 heavy (non-hydrogen) atoms. The fourth-order valence-electron chi connectivity index (χ4n) is 3.89. The second kappa shape index (κ2) is 11.2. The summed E-state index contributed by atoms with van der Waals surface area (Å²) in [4.78, 5) is 12.4. The van der Waals surface area contributed by atoms with Gasteiger partial charge >= 0.3 is 0 Å². The Hall–Kier alpha value is -4.33. The predicted octanol–water partition coefficient (Wildman–Crippen LogP) is 3.53. The average molecular weight is 558 g/mol. The number of pyridine rings is 1. The minimum atomic E-state index is -4.10. The molecule has 1 N–H and O–H groups in total. The van der Waals surface area contributed by atoms with E-state index in [1.807, 2.05) is 6.92 Å². The normalized spacial score (nSPS) is 13.0. The maximum Gasteiger partial charge on any atom is 0.243 e. The molecule has 14 heteroatoms. The third-order valence-electron chi connectivity index (χ3n) is 6.15. The lowest BCUT2D eigenvalue weighted by Crippen LogP contribution is -2.31. The van der Waals surface area contributed by atoms with Crippen LogP contribution in [0.15, 0.2) is 42.7 Å². The Morgan fingerprint density at radius 2 is 1.62 bits per heavy atom. The molecular weight excluding hydrogens is 529 g/mol. The SMILES string of the molecule is COc1cc(C)cc(-c2nnc(NS(=O)(=O)[C@@H](C)[C@H](C)c3ncc(F)cn3)n2-c2c(OC)cccc2OC)n1. The van der Waals surface area contributed by atoms with Gasteiger partial charge in [-0.25, -0.2) is 27.8 Å². The van der Waals surface area contributed by atoms with Gasteiger partial charge in [-0.3, -0.25) is 9.29 Å². The van der Waals surface area contributed by atoms with E-state index in [1.165, 1.54) is 32.8 Å². The second-order valence-electron chi connectivity index (χ2n) is 8.67. The topological polar surface area (TPSA) is 143 Å². The van der Waals surface area contributed by atoms with Crippen molar-refractivity contribution < 1.29 is 27.0 Å². The predicted molar refractivity (Wildman–Crippen MR) is 141 cm³/mol. The van der Waals surface area contributed by atoms with Gasteiger partial charge in [0.05, 0.1) is 39.0 Å². The molecule has 2 atom stereocenters. The summed E-state index contributed by atoms with van der Waals surface area (Å²) in [6, 6.07) is 8.63. The van der Waals surface area contributed by atoms with E-state index in [1.54, 1.807) is 37.3 Å². The van der Waals surface area contributed by atoms with Crippen LogP contribution in [0.1, 0.15) is 31.2 Å². The molecule has 0 bridgehead atoms. The van der Waals surface area contributed by atoms with Crippen molar-refractivity contribution in [3.8, 4) is 34.6 Å². The van der Waals surface area contributed by atoms with Crippen LogP contribution >= 0.6 is 0 Å². The van der Waals surface area contributed by atoms with Gasteiger partial charge in [0.25, 0.3) is 0 Å². The molecule has 0 spiro atoms. The van der Waals surface area contributed by atoms with Crippen molar-refractivity contribution >= 4 is 16.0 Å². The Bertz CT molecular complexity index is 1560. The number of ether oxygens (including phenoxy) is 3. The summed E-state index contributed by atoms with van der Waals surface area (Å²) >= 11 is 0. The zero-order valence-corrected chi connectivity index (χ0v) is 23.0. The number of halogens is 1. The van der Waals surface area contributed by atoms with Crippen molar-refractivity contribution in [2.24, 2.45) is 0 Å². The Morgan fingerprint density at radius 3 is 2.21 bits per heavy atom. The fourth-order valence-corrected chi connectivity index (χ4v) is 5.12. The minimum Gasteiger partial charge on any atom is -0.494 e. The summed E-state index contributed by atoms with van der Waals surface area (Å²) in [6.45, 7) is 5.00. The molecule has 0 radical (unpaired) electrons. The van der Waals surface area contributed by atoms with Crippen molar-refractivity contribution in [1.82, 2.24) is 29.7 Å². The van der Waals surface area contributed by atoms with Crippen LogP contribution in [0.3, 0.4) is 0 Å². The molecule has 0 aliphatic rings. The lowest BCUT2D eigenvalue weighted by Gasteiger charge is -2.21. The highest BCUT2D eigenvalue weighted by atomic mass is 32.2. The van der Waals surface area contributed by atoms with Crippen molar-refractivity contribution in [1.29, 1.82) is 0 Å². The lowest BCUT2D eigenvalue weighted by atomic mass is 10.1. The molecule has 0 saturated heterocycles. The van der Waals surface area contributed by atoms with E-state index in [-0.39, 0.29) is 17.6 Å². The van der Waals surface area contributed by atoms with Gasteiger partial charge in [-0.15, -0.1) is 10.2 Å². The maximum absolute atomic E-state index is 13.6. The third kappa shape index (κ3) is 5.60. The molecule has 0 aliphatic heterocycles. The number of aryl methyl sites for hydroxylation is 1. The largest absolute Gasteiger partial charge is 0.494 e. The van der Waals surface area contributed by atoms with Crippen LogP contribution < -0.4 is 18.9 Å². The van der Waals surface area contributed by atoms with Gasteiger partial charge in [0.15, 0.2) is 11.6 Å². The van der Waals surface area contributed by atoms with E-state index < -0.39 is 27.0 Å². The van der Waals surface area contributed by atoms with Crippen LogP contribution in [0.4, 0.5) is 10.3 Å². The smallest absolute Gasteiger partial charge is 0.243 e. The Morgan fingerprint density at radius 1 is 0.974 bits per heavy atom. The van der Waals surface area contributed by atoms with Crippen LogP contribution in [-0.4, -0.2) is 64.7 Å². The first kappa shape index (κ1) is 27.7. The molecule has 0 unspecified atom stereocenters. The number of aromatic nitrogens is 6. The van der Waals surface area contributed by atoms with E-state index in [0.717, 1.165) is 18.0 Å². The third-order valence-corrected chi connectivity index (χ3v) is 8.00. The number of para-hydroxylation sites is 1. The lowest BCUT2D eigenvalue weighted by molar-refractivity contribution is 0.391. The van der Waals surface area contributed by atoms with Gasteiger partial charge in [0, 0.05) is 12.0 Å². The highest BCUT2D eigenvalue weighted by molar-refractivity contribution is 7.93. The Labute approximate surface area is 225 Å². The first-order chi connectivity index (χ1) is 18.6. The zero-order chi connectivity index (χ0) is 28.3. The van der Waals surface area contributed by atoms with Crippen molar-refractivity contribution in [3.05, 3.63) is 59.9 Å². The maximum atomic E-state index is 13.6. The van der Waals surface area contributed by atoms with Crippen LogP contribution in [-0.2, 0) is 10.0 Å². The standard InChI is InChI=1S/C25H28FN7O5S/c1-14-10-18(29-21(11-14)38-6)24-30-31-25(33(24)22-19(36-4)8-7-9-20(22)37-5)32-39(34,35)16(3)15(2)23-27-12-17(26)13-28-23/h7-13,15-16H,1-6H3,(H,31,32)/t15-,16-/m0/s1. The molecular formula is C25H28FN7O5S. The van der Waals surface area contributed by atoms with E-state index in [0.29, 0.717) is 28.8 Å². The fraction of sp³-hybridized carbons (Fsp3) is 0.320. The van der Waals surface area contributed by atoms with Crippen molar-refractivity contribution in [2.45, 2.75) is 31.9 Å². The monoisotopic (exact) mass is 557 g/mol. The number of nitrogens with zero attached hydrogens (tertiary/aromatic N) is 6. The number of anilines is 1. The van der Waals surface area contributed by atoms with Crippen LogP contribution in [0.25, 0.3) is 17.2 Å². The molecule has 3 heterocycles. The average Bonchev–Trinajstić information content (AvgIpc) is 3.33. The molecule has 1 aromatic carbocycles. The molecule has 0 amide bonds. The van der Waals surface area contributed by atoms with Gasteiger partial charge in [-0.1, -0.05) is 13.0 Å². The molecule has 4 aromatic rings. The van der Waals surface area contributed by atoms with Crippen LogP contribution in [0.5, 0.6) is 17.4 Å². The summed E-state index contributed by atoms with van der Waals surface area (Å²) in [5, 5.41) is 7.41. The number of nitrogens with one attached hydrogen (secondary N) is 1. The number of rotatable bonds is 10. The summed E-state index contributed by atoms with van der Waals surface area (Å²) < 4.78 is 60.9. The molecule has 4 rings (SSSR count). The van der Waals surface area contributed by atoms with E-state index in [9.17, 15) is 12.8 Å². The molecule has 12 nitrogen and oxygen atoms in total. The first-order valence-electron chi connectivity index (χ1n) is 11.8. The summed E-state index contributed by atoms with van der Waals surface area (Å²) in [5.74, 6) is 0.0477. The number of sulfonamides is 1. The summed E-state index contributed by atoms with van der Waals surface area (Å²) in [6.07, 6.45) is 1.98. The van der Waals surface area contributed by atoms with E-state index >= 15 is 0 Å². The van der Waals surface area contributed by atoms with Crippen molar-refractivity contribution in [3.63, 3.8) is 0 Å². The molecule has 0 aliphatic carbocycles. The van der Waals surface area contributed by atoms with Crippen molar-refractivity contribution in [2.75, 3.05) is 26.1 Å². The minimum absolute atomic E-state index is 0.130. The highest BCUT2D eigenvalue weighted by Gasteiger charge is 2.32. The second-order valence-corrected chi connectivity index (χ2v) is 10.7. The van der Waals surface area contributed by atoms with Crippen LogP contribution in [0, 0.1) is 12.7 Å². The zero-order valence-electron chi connectivity index (χ0n) is 22.2.